The van der Waals surface area contributed by atoms with E-state index >= 15 is 0 Å². The van der Waals surface area contributed by atoms with Gasteiger partial charge in [-0.1, -0.05) is 21.9 Å². The van der Waals surface area contributed by atoms with Crippen molar-refractivity contribution in [1.82, 2.24) is 0 Å². The highest BCUT2D eigenvalue weighted by Crippen LogP contribution is 2.19. The summed E-state index contributed by atoms with van der Waals surface area (Å²) in [7, 11) is 0. The Morgan fingerprint density at radius 3 is 2.92 bits per heavy atom. The van der Waals surface area contributed by atoms with Gasteiger partial charge in [0.05, 0.1) is 6.42 Å². The summed E-state index contributed by atoms with van der Waals surface area (Å²) >= 11 is 3.26. The Morgan fingerprint density at radius 1 is 1.62 bits per heavy atom. The summed E-state index contributed by atoms with van der Waals surface area (Å²) in [6.45, 7) is 0. The second kappa shape index (κ2) is 4.11. The van der Waals surface area contributed by atoms with E-state index in [-0.39, 0.29) is 12.2 Å². The lowest BCUT2D eigenvalue weighted by molar-refractivity contribution is 0.0999. The van der Waals surface area contributed by atoms with Gasteiger partial charge in [0.25, 0.3) is 0 Å². The van der Waals surface area contributed by atoms with Crippen LogP contribution in [0.5, 0.6) is 0 Å². The molecule has 3 heteroatoms. The smallest absolute Gasteiger partial charge is 0.176 e. The topological polar surface area (TPSA) is 43.1 Å². The molecule has 2 N–H and O–H groups in total. The molecule has 0 spiro atoms. The predicted molar refractivity (Wildman–Crippen MR) is 56.3 cm³/mol. The van der Waals surface area contributed by atoms with Crippen molar-refractivity contribution in [1.29, 1.82) is 0 Å². The second-order valence-electron chi connectivity index (χ2n) is 2.54. The standard InChI is InChI=1S/C10H8BrNO/c1-2-3-10(13)8-6-7(11)4-5-9(8)12/h1,4-6H,3,12H2. The molecule has 2 nitrogen and oxygen atoms in total. The van der Waals surface area contributed by atoms with E-state index in [1.54, 1.807) is 18.2 Å². The van der Waals surface area contributed by atoms with Crippen molar-refractivity contribution in [2.75, 3.05) is 5.73 Å². The van der Waals surface area contributed by atoms with Crippen molar-refractivity contribution < 1.29 is 4.79 Å². The van der Waals surface area contributed by atoms with E-state index in [4.69, 9.17) is 12.2 Å². The molecule has 0 unspecified atom stereocenters. The summed E-state index contributed by atoms with van der Waals surface area (Å²) in [4.78, 5) is 11.4. The normalized spacial score (nSPS) is 9.23. The van der Waals surface area contributed by atoms with E-state index in [1.165, 1.54) is 0 Å². The SMILES string of the molecule is C#CCC(=O)c1cc(Br)ccc1N. The fourth-order valence-electron chi connectivity index (χ4n) is 0.958. The highest BCUT2D eigenvalue weighted by molar-refractivity contribution is 9.10. The molecule has 0 amide bonds. The highest BCUT2D eigenvalue weighted by atomic mass is 79.9. The minimum Gasteiger partial charge on any atom is -0.398 e. The number of carbonyl (C=O) groups is 1. The van der Waals surface area contributed by atoms with Gasteiger partial charge in [0.15, 0.2) is 5.78 Å². The van der Waals surface area contributed by atoms with Crippen molar-refractivity contribution in [3.05, 3.63) is 28.2 Å². The number of nitrogen functional groups attached to an aromatic ring is 1. The molecule has 0 aliphatic heterocycles. The van der Waals surface area contributed by atoms with Gasteiger partial charge in [-0.3, -0.25) is 4.79 Å². The Morgan fingerprint density at radius 2 is 2.31 bits per heavy atom. The number of Topliss-reactive ketones (excluding diaryl/α,β-unsaturated/α-hetero) is 1. The number of hydrogen-bond donors (Lipinski definition) is 1. The van der Waals surface area contributed by atoms with Gasteiger partial charge >= 0.3 is 0 Å². The van der Waals surface area contributed by atoms with Crippen molar-refractivity contribution in [3.8, 4) is 12.3 Å². The minimum absolute atomic E-state index is 0.0840. The van der Waals surface area contributed by atoms with Crippen molar-refractivity contribution in [3.63, 3.8) is 0 Å². The summed E-state index contributed by atoms with van der Waals surface area (Å²) in [5.74, 6) is 2.17. The van der Waals surface area contributed by atoms with Crippen LogP contribution in [0.3, 0.4) is 0 Å². The largest absolute Gasteiger partial charge is 0.398 e. The molecule has 0 aliphatic carbocycles. The fourth-order valence-corrected chi connectivity index (χ4v) is 1.32. The molecule has 0 fully saturated rings. The van der Waals surface area contributed by atoms with Crippen LogP contribution in [0.4, 0.5) is 5.69 Å². The fraction of sp³-hybridized carbons (Fsp3) is 0.100. The van der Waals surface area contributed by atoms with Crippen LogP contribution in [-0.2, 0) is 0 Å². The summed E-state index contributed by atoms with van der Waals surface area (Å²) in [5.41, 5.74) is 6.55. The third-order valence-corrected chi connectivity index (χ3v) is 2.07. The Balaban J connectivity index is 3.07. The highest BCUT2D eigenvalue weighted by Gasteiger charge is 2.08. The summed E-state index contributed by atoms with van der Waals surface area (Å²) in [6, 6.07) is 5.13. The van der Waals surface area contributed by atoms with Crippen LogP contribution in [-0.4, -0.2) is 5.78 Å². The maximum atomic E-state index is 11.4. The summed E-state index contributed by atoms with van der Waals surface area (Å²) in [6.07, 6.45) is 5.12. The lowest BCUT2D eigenvalue weighted by atomic mass is 10.1. The molecule has 0 atom stereocenters. The van der Waals surface area contributed by atoms with E-state index in [0.29, 0.717) is 11.3 Å². The summed E-state index contributed by atoms with van der Waals surface area (Å²) in [5, 5.41) is 0. The molecule has 0 bridgehead atoms. The maximum Gasteiger partial charge on any atom is 0.176 e. The Hall–Kier alpha value is -1.27. The molecule has 1 aromatic carbocycles. The monoisotopic (exact) mass is 237 g/mol. The number of rotatable bonds is 2. The van der Waals surface area contributed by atoms with Crippen LogP contribution in [0.15, 0.2) is 22.7 Å². The lowest BCUT2D eigenvalue weighted by Crippen LogP contribution is -2.02. The molecule has 0 saturated heterocycles. The van der Waals surface area contributed by atoms with Crippen LogP contribution < -0.4 is 5.73 Å². The van der Waals surface area contributed by atoms with Crippen LogP contribution in [0.25, 0.3) is 0 Å². The number of halogens is 1. The summed E-state index contributed by atoms with van der Waals surface area (Å²) < 4.78 is 0.821. The van der Waals surface area contributed by atoms with Gasteiger partial charge in [0, 0.05) is 15.7 Å². The van der Waals surface area contributed by atoms with Gasteiger partial charge in [-0.05, 0) is 18.2 Å². The van der Waals surface area contributed by atoms with Crippen LogP contribution in [0.1, 0.15) is 16.8 Å². The number of terminal acetylenes is 1. The van der Waals surface area contributed by atoms with Gasteiger partial charge < -0.3 is 5.73 Å². The number of carbonyl (C=O) groups excluding carboxylic acids is 1. The molecule has 0 aliphatic rings. The molecule has 66 valence electrons. The van der Waals surface area contributed by atoms with E-state index in [2.05, 4.69) is 21.9 Å². The minimum atomic E-state index is -0.124. The van der Waals surface area contributed by atoms with Gasteiger partial charge in [-0.2, -0.15) is 0 Å². The number of ketones is 1. The zero-order valence-corrected chi connectivity index (χ0v) is 8.47. The van der Waals surface area contributed by atoms with Crippen molar-refractivity contribution in [2.24, 2.45) is 0 Å². The third-order valence-electron chi connectivity index (χ3n) is 1.58. The van der Waals surface area contributed by atoms with Crippen molar-refractivity contribution in [2.45, 2.75) is 6.42 Å². The van der Waals surface area contributed by atoms with E-state index in [0.717, 1.165) is 4.47 Å². The first-order valence-corrected chi connectivity index (χ1v) is 4.46. The molecule has 0 saturated carbocycles. The molecule has 0 aromatic heterocycles. The predicted octanol–water partition coefficient (Wildman–Crippen LogP) is 2.24. The van der Waals surface area contributed by atoms with Crippen LogP contribution >= 0.6 is 15.9 Å². The number of benzene rings is 1. The van der Waals surface area contributed by atoms with Crippen LogP contribution in [0.2, 0.25) is 0 Å². The Kier molecular flexibility index (Phi) is 3.10. The number of nitrogens with two attached hydrogens (primary N) is 1. The lowest BCUT2D eigenvalue weighted by Gasteiger charge is -2.02. The molecule has 1 aromatic rings. The van der Waals surface area contributed by atoms with E-state index in [1.807, 2.05) is 0 Å². The maximum absolute atomic E-state index is 11.4. The molecule has 0 radical (unpaired) electrons. The molecule has 13 heavy (non-hydrogen) atoms. The van der Waals surface area contributed by atoms with E-state index in [9.17, 15) is 4.79 Å². The Bertz CT molecular complexity index is 379. The third kappa shape index (κ3) is 2.33. The zero-order chi connectivity index (χ0) is 9.84. The molecular weight excluding hydrogens is 230 g/mol. The number of hydrogen-bond acceptors (Lipinski definition) is 2. The average molecular weight is 238 g/mol. The molecular formula is C10H8BrNO. The Labute approximate surface area is 85.3 Å². The quantitative estimate of drug-likeness (QED) is 0.487. The van der Waals surface area contributed by atoms with Gasteiger partial charge in [-0.25, -0.2) is 0 Å². The second-order valence-corrected chi connectivity index (χ2v) is 3.45. The van der Waals surface area contributed by atoms with Crippen LogP contribution in [0, 0.1) is 12.3 Å². The zero-order valence-electron chi connectivity index (χ0n) is 6.88. The van der Waals surface area contributed by atoms with Gasteiger partial charge in [0.2, 0.25) is 0 Å². The van der Waals surface area contributed by atoms with Gasteiger partial charge in [-0.15, -0.1) is 6.42 Å². The number of anilines is 1. The van der Waals surface area contributed by atoms with Crippen molar-refractivity contribution >= 4 is 27.4 Å². The van der Waals surface area contributed by atoms with Gasteiger partial charge in [0.1, 0.15) is 0 Å². The first-order chi connectivity index (χ1) is 6.15. The molecule has 1 rings (SSSR count). The average Bonchev–Trinajstić information content (AvgIpc) is 2.09. The first kappa shape index (κ1) is 9.82. The molecule has 0 heterocycles. The van der Waals surface area contributed by atoms with E-state index < -0.39 is 0 Å². The first-order valence-electron chi connectivity index (χ1n) is 3.67.